The first-order valence-electron chi connectivity index (χ1n) is 9.68. The van der Waals surface area contributed by atoms with E-state index in [4.69, 9.17) is 10.00 Å². The van der Waals surface area contributed by atoms with E-state index in [-0.39, 0.29) is 5.91 Å². The molecule has 0 N–H and O–H groups in total. The van der Waals surface area contributed by atoms with Crippen LogP contribution in [0.1, 0.15) is 39.2 Å². The van der Waals surface area contributed by atoms with Crippen molar-refractivity contribution in [3.05, 3.63) is 23.9 Å². The molecule has 2 aliphatic heterocycles. The van der Waals surface area contributed by atoms with Gasteiger partial charge in [-0.2, -0.15) is 5.26 Å². The van der Waals surface area contributed by atoms with Crippen LogP contribution in [0.25, 0.3) is 0 Å². The molecule has 2 amide bonds. The number of rotatable bonds is 2. The molecule has 0 aromatic carbocycles. The largest absolute Gasteiger partial charge is 0.444 e. The molecule has 2 fully saturated rings. The van der Waals surface area contributed by atoms with Crippen molar-refractivity contribution in [1.29, 1.82) is 5.26 Å². The Morgan fingerprint density at radius 3 is 2.57 bits per heavy atom. The number of hydrogen-bond acceptors (Lipinski definition) is 6. The topological polar surface area (TPSA) is 89.8 Å². The standard InChI is InChI=1S/C20H27N5O3/c1-20(2,3)28-19(27)25-8-4-5-16(25)18(26)24-11-9-23(10-12-24)17-13-15(14-21)6-7-22-17/h6-7,13,16H,4-5,8-12H2,1-3H3. The van der Waals surface area contributed by atoms with Gasteiger partial charge in [0, 0.05) is 38.9 Å². The highest BCUT2D eigenvalue weighted by atomic mass is 16.6. The molecule has 2 aliphatic rings. The van der Waals surface area contributed by atoms with Gasteiger partial charge in [0.1, 0.15) is 17.5 Å². The Morgan fingerprint density at radius 2 is 1.93 bits per heavy atom. The van der Waals surface area contributed by atoms with Gasteiger partial charge in [0.25, 0.3) is 0 Å². The van der Waals surface area contributed by atoms with Gasteiger partial charge in [0.15, 0.2) is 0 Å². The molecule has 1 aromatic rings. The molecule has 150 valence electrons. The highest BCUT2D eigenvalue weighted by molar-refractivity contribution is 5.86. The number of nitriles is 1. The fourth-order valence-corrected chi connectivity index (χ4v) is 3.59. The molecular formula is C20H27N5O3. The van der Waals surface area contributed by atoms with Gasteiger partial charge in [-0.1, -0.05) is 0 Å². The number of carbonyl (C=O) groups excluding carboxylic acids is 2. The predicted molar refractivity (Wildman–Crippen MR) is 104 cm³/mol. The average molecular weight is 385 g/mol. The number of hydrogen-bond donors (Lipinski definition) is 0. The third-order valence-electron chi connectivity index (χ3n) is 4.96. The maximum atomic E-state index is 13.0. The molecular weight excluding hydrogens is 358 g/mol. The van der Waals surface area contributed by atoms with Crippen molar-refractivity contribution < 1.29 is 14.3 Å². The van der Waals surface area contributed by atoms with Crippen LogP contribution in [-0.4, -0.2) is 71.2 Å². The number of carbonyl (C=O) groups is 2. The molecule has 3 heterocycles. The first-order chi connectivity index (χ1) is 13.3. The Hall–Kier alpha value is -2.82. The number of amides is 2. The molecule has 0 radical (unpaired) electrons. The first kappa shape index (κ1) is 19.9. The van der Waals surface area contributed by atoms with Crippen LogP contribution in [-0.2, 0) is 9.53 Å². The quantitative estimate of drug-likeness (QED) is 0.773. The first-order valence-corrected chi connectivity index (χ1v) is 9.68. The fraction of sp³-hybridized carbons (Fsp3) is 0.600. The van der Waals surface area contributed by atoms with E-state index in [0.29, 0.717) is 44.7 Å². The summed E-state index contributed by atoms with van der Waals surface area (Å²) in [5.74, 6) is 0.740. The van der Waals surface area contributed by atoms with Gasteiger partial charge in [0.05, 0.1) is 11.6 Å². The summed E-state index contributed by atoms with van der Waals surface area (Å²) in [5.41, 5.74) is -0.00778. The molecule has 0 aliphatic carbocycles. The van der Waals surface area contributed by atoms with Crippen LogP contribution >= 0.6 is 0 Å². The third-order valence-corrected chi connectivity index (χ3v) is 4.96. The number of ether oxygens (including phenoxy) is 1. The van der Waals surface area contributed by atoms with Crippen LogP contribution in [0.5, 0.6) is 0 Å². The van der Waals surface area contributed by atoms with Gasteiger partial charge in [-0.15, -0.1) is 0 Å². The summed E-state index contributed by atoms with van der Waals surface area (Å²) in [7, 11) is 0. The number of likely N-dealkylation sites (tertiary alicyclic amines) is 1. The summed E-state index contributed by atoms with van der Waals surface area (Å²) in [6.07, 6.45) is 2.69. The Labute approximate surface area is 165 Å². The summed E-state index contributed by atoms with van der Waals surface area (Å²) in [5, 5.41) is 9.05. The molecule has 0 bridgehead atoms. The van der Waals surface area contributed by atoms with E-state index in [1.165, 1.54) is 0 Å². The maximum Gasteiger partial charge on any atom is 0.410 e. The van der Waals surface area contributed by atoms with E-state index in [1.54, 1.807) is 23.2 Å². The fourth-order valence-electron chi connectivity index (χ4n) is 3.59. The molecule has 0 spiro atoms. The zero-order valence-corrected chi connectivity index (χ0v) is 16.7. The summed E-state index contributed by atoms with van der Waals surface area (Å²) < 4.78 is 5.46. The smallest absolute Gasteiger partial charge is 0.410 e. The number of pyridine rings is 1. The molecule has 8 heteroatoms. The molecule has 8 nitrogen and oxygen atoms in total. The van der Waals surface area contributed by atoms with E-state index < -0.39 is 17.7 Å². The summed E-state index contributed by atoms with van der Waals surface area (Å²) in [6.45, 7) is 8.45. The summed E-state index contributed by atoms with van der Waals surface area (Å²) in [6, 6.07) is 5.12. The van der Waals surface area contributed by atoms with Crippen molar-refractivity contribution in [3.63, 3.8) is 0 Å². The van der Waals surface area contributed by atoms with Gasteiger partial charge < -0.3 is 14.5 Å². The minimum absolute atomic E-state index is 0.0123. The molecule has 1 unspecified atom stereocenters. The normalized spacial score (nSPS) is 20.1. The average Bonchev–Trinajstić information content (AvgIpc) is 3.16. The summed E-state index contributed by atoms with van der Waals surface area (Å²) in [4.78, 5) is 35.3. The van der Waals surface area contributed by atoms with E-state index in [0.717, 1.165) is 12.2 Å². The molecule has 1 atom stereocenters. The second-order valence-corrected chi connectivity index (χ2v) is 8.16. The van der Waals surface area contributed by atoms with E-state index in [1.807, 2.05) is 25.7 Å². The van der Waals surface area contributed by atoms with Gasteiger partial charge in [-0.25, -0.2) is 9.78 Å². The van der Waals surface area contributed by atoms with E-state index in [2.05, 4.69) is 16.0 Å². The summed E-state index contributed by atoms with van der Waals surface area (Å²) >= 11 is 0. The number of anilines is 1. The van der Waals surface area contributed by atoms with Crippen LogP contribution in [0.2, 0.25) is 0 Å². The lowest BCUT2D eigenvalue weighted by Crippen LogP contribution is -2.55. The van der Waals surface area contributed by atoms with Crippen LogP contribution in [0.3, 0.4) is 0 Å². The lowest BCUT2D eigenvalue weighted by molar-refractivity contribution is -0.136. The minimum atomic E-state index is -0.580. The van der Waals surface area contributed by atoms with Crippen molar-refractivity contribution in [3.8, 4) is 6.07 Å². The zero-order chi connectivity index (χ0) is 20.3. The SMILES string of the molecule is CC(C)(C)OC(=O)N1CCCC1C(=O)N1CCN(c2cc(C#N)ccn2)CC1. The van der Waals surface area contributed by atoms with Crippen molar-refractivity contribution in [2.45, 2.75) is 45.3 Å². The number of aromatic nitrogens is 1. The number of piperazine rings is 1. The zero-order valence-electron chi connectivity index (χ0n) is 16.7. The second-order valence-electron chi connectivity index (χ2n) is 8.16. The third kappa shape index (κ3) is 4.53. The van der Waals surface area contributed by atoms with Gasteiger partial charge >= 0.3 is 6.09 Å². The van der Waals surface area contributed by atoms with Crippen LogP contribution in [0.4, 0.5) is 10.6 Å². The second kappa shape index (κ2) is 8.05. The highest BCUT2D eigenvalue weighted by Gasteiger charge is 2.39. The van der Waals surface area contributed by atoms with Crippen molar-refractivity contribution in [1.82, 2.24) is 14.8 Å². The molecule has 1 aromatic heterocycles. The predicted octanol–water partition coefficient (Wildman–Crippen LogP) is 2.00. The van der Waals surface area contributed by atoms with Crippen molar-refractivity contribution in [2.24, 2.45) is 0 Å². The Morgan fingerprint density at radius 1 is 1.21 bits per heavy atom. The van der Waals surface area contributed by atoms with Crippen LogP contribution < -0.4 is 4.90 Å². The number of nitrogens with zero attached hydrogens (tertiary/aromatic N) is 5. The highest BCUT2D eigenvalue weighted by Crippen LogP contribution is 2.23. The van der Waals surface area contributed by atoms with E-state index >= 15 is 0 Å². The molecule has 28 heavy (non-hydrogen) atoms. The Kier molecular flexibility index (Phi) is 5.73. The Balaban J connectivity index is 1.60. The van der Waals surface area contributed by atoms with E-state index in [9.17, 15) is 9.59 Å². The Bertz CT molecular complexity index is 775. The van der Waals surface area contributed by atoms with Gasteiger partial charge in [-0.05, 0) is 45.7 Å². The van der Waals surface area contributed by atoms with Gasteiger partial charge in [0.2, 0.25) is 5.91 Å². The molecule has 0 saturated carbocycles. The monoisotopic (exact) mass is 385 g/mol. The lowest BCUT2D eigenvalue weighted by Gasteiger charge is -2.38. The molecule has 3 rings (SSSR count). The lowest BCUT2D eigenvalue weighted by atomic mass is 10.1. The minimum Gasteiger partial charge on any atom is -0.444 e. The van der Waals surface area contributed by atoms with Crippen LogP contribution in [0.15, 0.2) is 18.3 Å². The maximum absolute atomic E-state index is 13.0. The van der Waals surface area contributed by atoms with Gasteiger partial charge in [-0.3, -0.25) is 9.69 Å². The molecule has 2 saturated heterocycles. The van der Waals surface area contributed by atoms with Crippen molar-refractivity contribution in [2.75, 3.05) is 37.6 Å². The van der Waals surface area contributed by atoms with Crippen LogP contribution in [0, 0.1) is 11.3 Å². The van der Waals surface area contributed by atoms with Crippen molar-refractivity contribution >= 4 is 17.8 Å².